The minimum absolute atomic E-state index is 1.07. The molecule has 1 aliphatic heterocycles. The number of hydrogen-bond donors (Lipinski definition) is 0. The average Bonchev–Trinajstić information content (AvgIpc) is 2.70. The van der Waals surface area contributed by atoms with Crippen LogP contribution in [0.5, 0.6) is 0 Å². The first-order valence-electron chi connectivity index (χ1n) is 6.68. The van der Waals surface area contributed by atoms with Crippen LogP contribution in [0.4, 0.5) is 0 Å². The van der Waals surface area contributed by atoms with Gasteiger partial charge in [0.1, 0.15) is 0 Å². The zero-order valence-corrected chi connectivity index (χ0v) is 11.3. The van der Waals surface area contributed by atoms with Gasteiger partial charge < -0.3 is 9.47 Å². The molecule has 0 atom stereocenters. The van der Waals surface area contributed by atoms with Crippen LogP contribution in [0.2, 0.25) is 0 Å². The number of fused-ring (bicyclic) bond motifs is 1. The lowest BCUT2D eigenvalue weighted by molar-refractivity contribution is 0.146. The molecule has 0 N–H and O–H groups in total. The maximum Gasteiger partial charge on any atom is 0.0480 e. The van der Waals surface area contributed by atoms with Gasteiger partial charge in [-0.1, -0.05) is 18.2 Å². The maximum atomic E-state index is 2.55. The van der Waals surface area contributed by atoms with E-state index in [9.17, 15) is 0 Å². The Morgan fingerprint density at radius 1 is 1.00 bits per heavy atom. The van der Waals surface area contributed by atoms with Crippen LogP contribution in [0.1, 0.15) is 5.69 Å². The molecule has 1 fully saturated rings. The van der Waals surface area contributed by atoms with Crippen LogP contribution in [0, 0.1) is 0 Å². The summed E-state index contributed by atoms with van der Waals surface area (Å²) in [4.78, 5) is 4.95. The largest absolute Gasteiger partial charge is 0.346 e. The molecular weight excluding hydrogens is 222 g/mol. The van der Waals surface area contributed by atoms with Gasteiger partial charge in [-0.15, -0.1) is 0 Å². The summed E-state index contributed by atoms with van der Waals surface area (Å²) in [7, 11) is 4.38. The van der Waals surface area contributed by atoms with Gasteiger partial charge in [0.25, 0.3) is 0 Å². The lowest BCUT2D eigenvalue weighted by Crippen LogP contribution is -2.44. The number of hydrogen-bond acceptors (Lipinski definition) is 2. The van der Waals surface area contributed by atoms with E-state index in [0.717, 1.165) is 6.54 Å². The van der Waals surface area contributed by atoms with Crippen LogP contribution in [-0.2, 0) is 13.6 Å². The standard InChI is InChI=1S/C15H21N3/c1-16-7-9-18(10-8-16)12-14-11-13-5-3-4-6-15(13)17(14)2/h3-6,11H,7-10,12H2,1-2H3. The molecule has 0 radical (unpaired) electrons. The Bertz CT molecular complexity index is 536. The summed E-state index contributed by atoms with van der Waals surface area (Å²) in [6.07, 6.45) is 0. The van der Waals surface area contributed by atoms with Crippen molar-refractivity contribution >= 4 is 10.9 Å². The number of piperazine rings is 1. The molecular formula is C15H21N3. The molecule has 0 aliphatic carbocycles. The summed E-state index contributed by atoms with van der Waals surface area (Å²) in [6, 6.07) is 10.9. The highest BCUT2D eigenvalue weighted by atomic mass is 15.2. The second kappa shape index (κ2) is 4.75. The lowest BCUT2D eigenvalue weighted by atomic mass is 10.2. The third-order valence-corrected chi connectivity index (χ3v) is 4.03. The van der Waals surface area contributed by atoms with Crippen molar-refractivity contribution in [1.82, 2.24) is 14.4 Å². The molecule has 0 spiro atoms. The molecule has 3 rings (SSSR count). The van der Waals surface area contributed by atoms with Crippen LogP contribution in [0.25, 0.3) is 10.9 Å². The van der Waals surface area contributed by atoms with E-state index >= 15 is 0 Å². The summed E-state index contributed by atoms with van der Waals surface area (Å²) in [6.45, 7) is 5.79. The molecule has 1 saturated heterocycles. The summed E-state index contributed by atoms with van der Waals surface area (Å²) < 4.78 is 2.33. The molecule has 1 aliphatic rings. The van der Waals surface area contributed by atoms with Gasteiger partial charge >= 0.3 is 0 Å². The smallest absolute Gasteiger partial charge is 0.0480 e. The Balaban J connectivity index is 1.80. The number of rotatable bonds is 2. The normalized spacial score (nSPS) is 18.6. The van der Waals surface area contributed by atoms with Gasteiger partial charge in [0.2, 0.25) is 0 Å². The molecule has 18 heavy (non-hydrogen) atoms. The summed E-state index contributed by atoms with van der Waals surface area (Å²) in [5, 5.41) is 1.35. The number of likely N-dealkylation sites (N-methyl/N-ethyl adjacent to an activating group) is 1. The number of para-hydroxylation sites is 1. The fraction of sp³-hybridized carbons (Fsp3) is 0.467. The molecule has 0 amide bonds. The van der Waals surface area contributed by atoms with Crippen LogP contribution in [-0.4, -0.2) is 47.6 Å². The van der Waals surface area contributed by atoms with E-state index < -0.39 is 0 Å². The molecule has 2 heterocycles. The number of aryl methyl sites for hydroxylation is 1. The SMILES string of the molecule is CN1CCN(Cc2cc3ccccc3n2C)CC1. The van der Waals surface area contributed by atoms with Gasteiger partial charge in [0, 0.05) is 51.0 Å². The van der Waals surface area contributed by atoms with Crippen LogP contribution >= 0.6 is 0 Å². The van der Waals surface area contributed by atoms with Gasteiger partial charge in [0.15, 0.2) is 0 Å². The monoisotopic (exact) mass is 243 g/mol. The van der Waals surface area contributed by atoms with Gasteiger partial charge in [-0.3, -0.25) is 4.90 Å². The molecule has 2 aromatic rings. The fourth-order valence-electron chi connectivity index (χ4n) is 2.73. The van der Waals surface area contributed by atoms with E-state index in [1.54, 1.807) is 0 Å². The molecule has 1 aromatic heterocycles. The molecule has 3 nitrogen and oxygen atoms in total. The van der Waals surface area contributed by atoms with Crippen molar-refractivity contribution in [3.05, 3.63) is 36.0 Å². The summed E-state index contributed by atoms with van der Waals surface area (Å²) in [5.41, 5.74) is 2.75. The zero-order chi connectivity index (χ0) is 12.5. The van der Waals surface area contributed by atoms with Gasteiger partial charge in [-0.2, -0.15) is 0 Å². The zero-order valence-electron chi connectivity index (χ0n) is 11.3. The van der Waals surface area contributed by atoms with Crippen molar-refractivity contribution in [1.29, 1.82) is 0 Å². The van der Waals surface area contributed by atoms with Crippen molar-refractivity contribution in [2.24, 2.45) is 7.05 Å². The van der Waals surface area contributed by atoms with Crippen molar-refractivity contribution in [2.75, 3.05) is 33.2 Å². The minimum Gasteiger partial charge on any atom is -0.346 e. The summed E-state index contributed by atoms with van der Waals surface area (Å²) >= 11 is 0. The average molecular weight is 243 g/mol. The van der Waals surface area contributed by atoms with Crippen LogP contribution in [0.3, 0.4) is 0 Å². The van der Waals surface area contributed by atoms with Crippen molar-refractivity contribution in [2.45, 2.75) is 6.54 Å². The predicted molar refractivity (Wildman–Crippen MR) is 75.7 cm³/mol. The first-order valence-corrected chi connectivity index (χ1v) is 6.68. The molecule has 1 aromatic carbocycles. The molecule has 96 valence electrons. The van der Waals surface area contributed by atoms with E-state index in [2.05, 4.69) is 58.8 Å². The van der Waals surface area contributed by atoms with Gasteiger partial charge in [-0.05, 0) is 24.6 Å². The lowest BCUT2D eigenvalue weighted by Gasteiger charge is -2.32. The second-order valence-corrected chi connectivity index (χ2v) is 5.33. The molecule has 3 heteroatoms. The van der Waals surface area contributed by atoms with E-state index in [1.807, 2.05) is 0 Å². The first-order chi connectivity index (χ1) is 8.74. The summed E-state index contributed by atoms with van der Waals surface area (Å²) in [5.74, 6) is 0. The third-order valence-electron chi connectivity index (χ3n) is 4.03. The first kappa shape index (κ1) is 11.8. The Hall–Kier alpha value is -1.32. The van der Waals surface area contributed by atoms with Crippen LogP contribution in [0.15, 0.2) is 30.3 Å². The molecule has 0 unspecified atom stereocenters. The number of nitrogens with zero attached hydrogens (tertiary/aromatic N) is 3. The van der Waals surface area contributed by atoms with E-state index in [1.165, 1.54) is 42.8 Å². The van der Waals surface area contributed by atoms with Crippen molar-refractivity contribution in [3.63, 3.8) is 0 Å². The quantitative estimate of drug-likeness (QED) is 0.798. The molecule has 0 saturated carbocycles. The number of benzene rings is 1. The minimum atomic E-state index is 1.07. The Kier molecular flexibility index (Phi) is 3.10. The second-order valence-electron chi connectivity index (χ2n) is 5.33. The van der Waals surface area contributed by atoms with Crippen molar-refractivity contribution < 1.29 is 0 Å². The van der Waals surface area contributed by atoms with Crippen molar-refractivity contribution in [3.8, 4) is 0 Å². The topological polar surface area (TPSA) is 11.4 Å². The maximum absolute atomic E-state index is 2.55. The highest BCUT2D eigenvalue weighted by Gasteiger charge is 2.15. The Morgan fingerprint density at radius 2 is 1.72 bits per heavy atom. The Labute approximate surface area is 109 Å². The van der Waals surface area contributed by atoms with E-state index in [4.69, 9.17) is 0 Å². The van der Waals surface area contributed by atoms with E-state index in [-0.39, 0.29) is 0 Å². The van der Waals surface area contributed by atoms with Gasteiger partial charge in [-0.25, -0.2) is 0 Å². The van der Waals surface area contributed by atoms with Crippen LogP contribution < -0.4 is 0 Å². The highest BCUT2D eigenvalue weighted by molar-refractivity contribution is 5.81. The number of aromatic nitrogens is 1. The highest BCUT2D eigenvalue weighted by Crippen LogP contribution is 2.19. The third kappa shape index (κ3) is 2.16. The molecule has 0 bridgehead atoms. The van der Waals surface area contributed by atoms with E-state index in [0.29, 0.717) is 0 Å². The van der Waals surface area contributed by atoms with Gasteiger partial charge in [0.05, 0.1) is 0 Å². The Morgan fingerprint density at radius 3 is 2.44 bits per heavy atom. The predicted octanol–water partition coefficient (Wildman–Crippen LogP) is 1.93. The fourth-order valence-corrected chi connectivity index (χ4v) is 2.73.